The fourth-order valence-corrected chi connectivity index (χ4v) is 1.15. The van der Waals surface area contributed by atoms with Crippen molar-refractivity contribution in [3.05, 3.63) is 33.7 Å². The Hall–Kier alpha value is -1.22. The third kappa shape index (κ3) is 0.935. The number of aromatic nitrogens is 2. The van der Waals surface area contributed by atoms with Crippen LogP contribution in [0.3, 0.4) is 0 Å². The Balaban J connectivity index is 2.97. The highest BCUT2D eigenvalue weighted by molar-refractivity contribution is 6.30. The van der Waals surface area contributed by atoms with E-state index in [1.54, 1.807) is 12.3 Å². The number of pyridine rings is 1. The van der Waals surface area contributed by atoms with Crippen LogP contribution in [0.1, 0.15) is 0 Å². The maximum atomic E-state index is 10.9. The van der Waals surface area contributed by atoms with Crippen molar-refractivity contribution in [3.63, 3.8) is 0 Å². The van der Waals surface area contributed by atoms with E-state index in [1.807, 2.05) is 6.07 Å². The number of hydrogen-bond donors (Lipinski definition) is 2. The average molecular weight is 169 g/mol. The van der Waals surface area contributed by atoms with E-state index >= 15 is 0 Å². The van der Waals surface area contributed by atoms with Gasteiger partial charge in [0.2, 0.25) is 0 Å². The van der Waals surface area contributed by atoms with Gasteiger partial charge < -0.3 is 9.97 Å². The van der Waals surface area contributed by atoms with Crippen molar-refractivity contribution in [2.75, 3.05) is 0 Å². The number of rotatable bonds is 0. The van der Waals surface area contributed by atoms with Crippen LogP contribution in [-0.4, -0.2) is 9.97 Å². The van der Waals surface area contributed by atoms with E-state index in [1.165, 1.54) is 0 Å². The summed E-state index contributed by atoms with van der Waals surface area (Å²) in [6.07, 6.45) is 1.75. The summed E-state index contributed by atoms with van der Waals surface area (Å²) in [7, 11) is 0. The molecule has 2 N–H and O–H groups in total. The summed E-state index contributed by atoms with van der Waals surface area (Å²) >= 11 is 5.59. The summed E-state index contributed by atoms with van der Waals surface area (Å²) in [6.45, 7) is 0. The first-order valence-corrected chi connectivity index (χ1v) is 3.51. The molecule has 0 saturated heterocycles. The number of H-pyrrole nitrogens is 2. The van der Waals surface area contributed by atoms with E-state index in [0.717, 1.165) is 5.39 Å². The Morgan fingerprint density at radius 2 is 2.27 bits per heavy atom. The maximum Gasteiger partial charge on any atom is 0.268 e. The zero-order valence-corrected chi connectivity index (χ0v) is 6.27. The molecule has 0 aliphatic rings. The van der Waals surface area contributed by atoms with Crippen LogP contribution in [-0.2, 0) is 0 Å². The van der Waals surface area contributed by atoms with E-state index in [0.29, 0.717) is 5.65 Å². The SMILES string of the molecule is O=c1[nH]c2[nH]ccc2cc1Cl. The molecular formula is C7H5ClN2O. The molecule has 0 saturated carbocycles. The van der Waals surface area contributed by atoms with Crippen molar-refractivity contribution < 1.29 is 0 Å². The Morgan fingerprint density at radius 1 is 1.45 bits per heavy atom. The standard InChI is InChI=1S/C7H5ClN2O/c8-5-3-4-1-2-9-6(4)10-7(5)11/h1-3H,(H2,9,10,11). The third-order valence-electron chi connectivity index (χ3n) is 1.52. The molecule has 0 aromatic carbocycles. The molecule has 2 heterocycles. The number of fused-ring (bicyclic) bond motifs is 1. The first kappa shape index (κ1) is 6.49. The molecule has 11 heavy (non-hydrogen) atoms. The van der Waals surface area contributed by atoms with Crippen LogP contribution in [0.25, 0.3) is 11.0 Å². The molecule has 0 spiro atoms. The molecule has 2 aromatic rings. The molecule has 0 radical (unpaired) electrons. The largest absolute Gasteiger partial charge is 0.348 e. The van der Waals surface area contributed by atoms with E-state index < -0.39 is 0 Å². The molecule has 0 aliphatic carbocycles. The highest BCUT2D eigenvalue weighted by Crippen LogP contribution is 2.10. The summed E-state index contributed by atoms with van der Waals surface area (Å²) in [4.78, 5) is 16.4. The van der Waals surface area contributed by atoms with E-state index in [4.69, 9.17) is 11.6 Å². The summed E-state index contributed by atoms with van der Waals surface area (Å²) in [6, 6.07) is 3.48. The van der Waals surface area contributed by atoms with Gasteiger partial charge in [0.25, 0.3) is 5.56 Å². The lowest BCUT2D eigenvalue weighted by molar-refractivity contribution is 1.26. The van der Waals surface area contributed by atoms with Crippen LogP contribution in [0.15, 0.2) is 23.1 Å². The lowest BCUT2D eigenvalue weighted by atomic mass is 10.3. The predicted octanol–water partition coefficient (Wildman–Crippen LogP) is 1.51. The molecule has 0 aliphatic heterocycles. The fraction of sp³-hybridized carbons (Fsp3) is 0. The Kier molecular flexibility index (Phi) is 1.26. The first-order chi connectivity index (χ1) is 5.27. The van der Waals surface area contributed by atoms with Gasteiger partial charge in [-0.15, -0.1) is 0 Å². The van der Waals surface area contributed by atoms with Crippen molar-refractivity contribution in [1.82, 2.24) is 9.97 Å². The molecule has 0 atom stereocenters. The van der Waals surface area contributed by atoms with Crippen molar-refractivity contribution in [3.8, 4) is 0 Å². The summed E-state index contributed by atoms with van der Waals surface area (Å²) < 4.78 is 0. The summed E-state index contributed by atoms with van der Waals surface area (Å²) in [5, 5.41) is 1.13. The van der Waals surface area contributed by atoms with Gasteiger partial charge in [0.15, 0.2) is 0 Å². The van der Waals surface area contributed by atoms with Gasteiger partial charge in [-0.05, 0) is 12.1 Å². The van der Waals surface area contributed by atoms with Crippen LogP contribution in [0.4, 0.5) is 0 Å². The highest BCUT2D eigenvalue weighted by Gasteiger charge is 1.98. The van der Waals surface area contributed by atoms with Crippen LogP contribution < -0.4 is 5.56 Å². The summed E-state index contributed by atoms with van der Waals surface area (Å²) in [5.74, 6) is 0. The minimum Gasteiger partial charge on any atom is -0.348 e. The topological polar surface area (TPSA) is 48.6 Å². The van der Waals surface area contributed by atoms with Crippen LogP contribution in [0, 0.1) is 0 Å². The Labute approximate surface area is 67.0 Å². The monoisotopic (exact) mass is 168 g/mol. The van der Waals surface area contributed by atoms with E-state index in [-0.39, 0.29) is 10.6 Å². The van der Waals surface area contributed by atoms with E-state index in [2.05, 4.69) is 9.97 Å². The second-order valence-corrected chi connectivity index (χ2v) is 2.66. The average Bonchev–Trinajstić information content (AvgIpc) is 2.36. The third-order valence-corrected chi connectivity index (χ3v) is 1.80. The van der Waals surface area contributed by atoms with Crippen LogP contribution in [0.5, 0.6) is 0 Å². The normalized spacial score (nSPS) is 10.6. The zero-order chi connectivity index (χ0) is 7.84. The van der Waals surface area contributed by atoms with Crippen LogP contribution >= 0.6 is 11.6 Å². The second kappa shape index (κ2) is 2.13. The smallest absolute Gasteiger partial charge is 0.268 e. The molecule has 56 valence electrons. The maximum absolute atomic E-state index is 10.9. The fourth-order valence-electron chi connectivity index (χ4n) is 0.985. The van der Waals surface area contributed by atoms with Gasteiger partial charge >= 0.3 is 0 Å². The molecule has 3 nitrogen and oxygen atoms in total. The summed E-state index contributed by atoms with van der Waals surface area (Å²) in [5.41, 5.74) is 0.445. The first-order valence-electron chi connectivity index (χ1n) is 3.13. The molecule has 2 rings (SSSR count). The van der Waals surface area contributed by atoms with Gasteiger partial charge in [0.1, 0.15) is 10.7 Å². The molecular weight excluding hydrogens is 164 g/mol. The minimum absolute atomic E-state index is 0.220. The van der Waals surface area contributed by atoms with Crippen molar-refractivity contribution in [1.29, 1.82) is 0 Å². The van der Waals surface area contributed by atoms with Crippen molar-refractivity contribution >= 4 is 22.6 Å². The van der Waals surface area contributed by atoms with Gasteiger partial charge in [-0.1, -0.05) is 11.6 Å². The van der Waals surface area contributed by atoms with Gasteiger partial charge in [-0.3, -0.25) is 4.79 Å². The minimum atomic E-state index is -0.262. The van der Waals surface area contributed by atoms with Crippen LogP contribution in [0.2, 0.25) is 5.02 Å². The number of halogens is 1. The lowest BCUT2D eigenvalue weighted by Crippen LogP contribution is -2.04. The molecule has 0 unspecified atom stereocenters. The number of nitrogens with one attached hydrogen (secondary N) is 2. The van der Waals surface area contributed by atoms with Crippen molar-refractivity contribution in [2.45, 2.75) is 0 Å². The van der Waals surface area contributed by atoms with Gasteiger partial charge in [-0.2, -0.15) is 0 Å². The second-order valence-electron chi connectivity index (χ2n) is 2.25. The molecule has 4 heteroatoms. The molecule has 0 fully saturated rings. The van der Waals surface area contributed by atoms with Gasteiger partial charge in [0.05, 0.1) is 0 Å². The number of hydrogen-bond acceptors (Lipinski definition) is 1. The Bertz CT molecular complexity index is 443. The molecule has 0 bridgehead atoms. The molecule has 0 amide bonds. The van der Waals surface area contributed by atoms with Gasteiger partial charge in [-0.25, -0.2) is 0 Å². The lowest BCUT2D eigenvalue weighted by Gasteiger charge is -1.89. The predicted molar refractivity (Wildman–Crippen MR) is 43.9 cm³/mol. The molecule has 2 aromatic heterocycles. The van der Waals surface area contributed by atoms with Gasteiger partial charge in [0, 0.05) is 11.6 Å². The Morgan fingerprint density at radius 3 is 3.09 bits per heavy atom. The quantitative estimate of drug-likeness (QED) is 0.616. The zero-order valence-electron chi connectivity index (χ0n) is 5.52. The van der Waals surface area contributed by atoms with Crippen molar-refractivity contribution in [2.24, 2.45) is 0 Å². The highest BCUT2D eigenvalue weighted by atomic mass is 35.5. The number of aromatic amines is 2. The van der Waals surface area contributed by atoms with E-state index in [9.17, 15) is 4.79 Å².